The summed E-state index contributed by atoms with van der Waals surface area (Å²) in [5.41, 5.74) is 0.567. The van der Waals surface area contributed by atoms with E-state index in [-0.39, 0.29) is 5.56 Å². The zero-order valence-electron chi connectivity index (χ0n) is 9.18. The molecule has 16 heavy (non-hydrogen) atoms. The first-order valence-corrected chi connectivity index (χ1v) is 4.70. The Morgan fingerprint density at radius 2 is 2.06 bits per heavy atom. The zero-order chi connectivity index (χ0) is 12.0. The van der Waals surface area contributed by atoms with Crippen molar-refractivity contribution in [1.82, 2.24) is 14.3 Å². The molecule has 0 saturated heterocycles. The molecule has 2 aromatic rings. The predicted octanol–water partition coefficient (Wildman–Crippen LogP) is 0.279. The summed E-state index contributed by atoms with van der Waals surface area (Å²) in [6.07, 6.45) is 0. The molecule has 0 aromatic carbocycles. The summed E-state index contributed by atoms with van der Waals surface area (Å²) in [7, 11) is 3.26. The quantitative estimate of drug-likeness (QED) is 0.750. The highest BCUT2D eigenvalue weighted by Crippen LogP contribution is 2.16. The van der Waals surface area contributed by atoms with Gasteiger partial charge in [0.05, 0.1) is 5.69 Å². The van der Waals surface area contributed by atoms with Gasteiger partial charge in [-0.1, -0.05) is 0 Å². The van der Waals surface area contributed by atoms with Gasteiger partial charge in [-0.2, -0.15) is 5.10 Å². The average Bonchev–Trinajstić information content (AvgIpc) is 2.47. The van der Waals surface area contributed by atoms with Crippen molar-refractivity contribution in [2.75, 3.05) is 0 Å². The van der Waals surface area contributed by atoms with Gasteiger partial charge in [0.15, 0.2) is 0 Å². The Kier molecular flexibility index (Phi) is 2.08. The minimum absolute atomic E-state index is 0.230. The second kappa shape index (κ2) is 3.19. The smallest absolute Gasteiger partial charge is 0.341 e. The second-order valence-corrected chi connectivity index (χ2v) is 3.67. The van der Waals surface area contributed by atoms with Gasteiger partial charge in [0.2, 0.25) is 0 Å². The van der Waals surface area contributed by atoms with Gasteiger partial charge < -0.3 is 5.11 Å². The van der Waals surface area contributed by atoms with E-state index in [1.807, 2.05) is 0 Å². The lowest BCUT2D eigenvalue weighted by molar-refractivity contribution is 0.0694. The first-order chi connectivity index (χ1) is 7.43. The van der Waals surface area contributed by atoms with Crippen LogP contribution in [0.4, 0.5) is 0 Å². The fraction of sp³-hybridized carbons (Fsp3) is 0.300. The summed E-state index contributed by atoms with van der Waals surface area (Å²) in [5.74, 6) is -1.22. The lowest BCUT2D eigenvalue weighted by Crippen LogP contribution is -2.25. The molecule has 2 heterocycles. The van der Waals surface area contributed by atoms with Crippen LogP contribution in [0.2, 0.25) is 0 Å². The largest absolute Gasteiger partial charge is 0.477 e. The molecular weight excluding hydrogens is 210 g/mol. The lowest BCUT2D eigenvalue weighted by Gasteiger charge is -2.03. The monoisotopic (exact) mass is 221 g/mol. The maximum atomic E-state index is 11.7. The maximum absolute atomic E-state index is 11.7. The average molecular weight is 221 g/mol. The number of aromatic carboxylic acids is 1. The Labute approximate surface area is 90.7 Å². The highest BCUT2D eigenvalue weighted by Gasteiger charge is 2.16. The SMILES string of the molecule is Cc1nn(C)c2c1cc(C(=O)O)c(=O)n2C. The van der Waals surface area contributed by atoms with E-state index >= 15 is 0 Å². The van der Waals surface area contributed by atoms with Gasteiger partial charge in [0, 0.05) is 19.5 Å². The molecule has 2 rings (SSSR count). The van der Waals surface area contributed by atoms with Crippen molar-refractivity contribution in [1.29, 1.82) is 0 Å². The third-order valence-electron chi connectivity index (χ3n) is 2.61. The first-order valence-electron chi connectivity index (χ1n) is 4.70. The lowest BCUT2D eigenvalue weighted by atomic mass is 10.2. The Bertz CT molecular complexity index is 651. The summed E-state index contributed by atoms with van der Waals surface area (Å²) in [5, 5.41) is 13.7. The van der Waals surface area contributed by atoms with Crippen LogP contribution in [0.15, 0.2) is 10.9 Å². The molecule has 6 nitrogen and oxygen atoms in total. The molecule has 0 fully saturated rings. The van der Waals surface area contributed by atoms with E-state index in [1.54, 1.807) is 18.7 Å². The molecule has 0 bridgehead atoms. The fourth-order valence-corrected chi connectivity index (χ4v) is 1.87. The molecule has 0 aliphatic heterocycles. The predicted molar refractivity (Wildman–Crippen MR) is 57.7 cm³/mol. The minimum atomic E-state index is -1.22. The van der Waals surface area contributed by atoms with Crippen LogP contribution in [-0.4, -0.2) is 25.4 Å². The molecular formula is C10H11N3O3. The molecule has 0 saturated carbocycles. The number of hydrogen-bond acceptors (Lipinski definition) is 3. The number of carbonyl (C=O) groups is 1. The van der Waals surface area contributed by atoms with Crippen LogP contribution < -0.4 is 5.56 Å². The summed E-state index contributed by atoms with van der Waals surface area (Å²) in [4.78, 5) is 22.6. The number of aryl methyl sites for hydroxylation is 3. The molecule has 0 aliphatic rings. The standard InChI is InChI=1S/C10H11N3O3/c1-5-6-4-7(10(15)16)9(14)12(2)8(6)13(3)11-5/h4H,1-3H3,(H,15,16). The molecule has 0 spiro atoms. The maximum Gasteiger partial charge on any atom is 0.341 e. The van der Waals surface area contributed by atoms with Crippen molar-refractivity contribution in [2.24, 2.45) is 14.1 Å². The molecule has 0 radical (unpaired) electrons. The molecule has 6 heteroatoms. The first kappa shape index (κ1) is 10.4. The van der Waals surface area contributed by atoms with E-state index in [2.05, 4.69) is 5.10 Å². The Morgan fingerprint density at radius 3 is 2.62 bits per heavy atom. The van der Waals surface area contributed by atoms with Crippen LogP contribution in [0.3, 0.4) is 0 Å². The van der Waals surface area contributed by atoms with Crippen LogP contribution in [0.1, 0.15) is 16.1 Å². The topological polar surface area (TPSA) is 77.1 Å². The van der Waals surface area contributed by atoms with Crippen LogP contribution >= 0.6 is 0 Å². The van der Waals surface area contributed by atoms with E-state index in [0.717, 1.165) is 0 Å². The van der Waals surface area contributed by atoms with E-state index in [9.17, 15) is 9.59 Å². The van der Waals surface area contributed by atoms with Crippen molar-refractivity contribution in [3.8, 4) is 0 Å². The highest BCUT2D eigenvalue weighted by atomic mass is 16.4. The number of rotatable bonds is 1. The number of hydrogen-bond donors (Lipinski definition) is 1. The van der Waals surface area contributed by atoms with Crippen LogP contribution in [0.25, 0.3) is 11.0 Å². The molecule has 2 aromatic heterocycles. The number of fused-ring (bicyclic) bond motifs is 1. The molecule has 84 valence electrons. The van der Waals surface area contributed by atoms with Gasteiger partial charge in [0.25, 0.3) is 5.56 Å². The Morgan fingerprint density at radius 1 is 1.44 bits per heavy atom. The van der Waals surface area contributed by atoms with E-state index in [4.69, 9.17) is 5.11 Å². The number of pyridine rings is 1. The number of aromatic nitrogens is 3. The Hall–Kier alpha value is -2.11. The summed E-state index contributed by atoms with van der Waals surface area (Å²) < 4.78 is 2.87. The fourth-order valence-electron chi connectivity index (χ4n) is 1.87. The number of carboxylic acid groups (broad SMARTS) is 1. The number of nitrogens with zero attached hydrogens (tertiary/aromatic N) is 3. The van der Waals surface area contributed by atoms with Gasteiger partial charge in [-0.3, -0.25) is 14.0 Å². The summed E-state index contributed by atoms with van der Waals surface area (Å²) >= 11 is 0. The molecule has 0 amide bonds. The molecule has 1 N–H and O–H groups in total. The van der Waals surface area contributed by atoms with Crippen molar-refractivity contribution in [3.63, 3.8) is 0 Å². The third kappa shape index (κ3) is 1.23. The van der Waals surface area contributed by atoms with E-state index in [1.165, 1.54) is 17.7 Å². The van der Waals surface area contributed by atoms with Gasteiger partial charge in [-0.05, 0) is 13.0 Å². The van der Waals surface area contributed by atoms with Crippen LogP contribution in [0.5, 0.6) is 0 Å². The highest BCUT2D eigenvalue weighted by molar-refractivity contribution is 5.92. The van der Waals surface area contributed by atoms with Crippen molar-refractivity contribution in [3.05, 3.63) is 27.7 Å². The van der Waals surface area contributed by atoms with Crippen LogP contribution in [-0.2, 0) is 14.1 Å². The van der Waals surface area contributed by atoms with Gasteiger partial charge in [-0.25, -0.2) is 4.79 Å². The molecule has 0 unspecified atom stereocenters. The van der Waals surface area contributed by atoms with E-state index in [0.29, 0.717) is 16.7 Å². The van der Waals surface area contributed by atoms with Crippen molar-refractivity contribution >= 4 is 17.0 Å². The summed E-state index contributed by atoms with van der Waals surface area (Å²) in [6.45, 7) is 1.78. The minimum Gasteiger partial charge on any atom is -0.477 e. The second-order valence-electron chi connectivity index (χ2n) is 3.67. The van der Waals surface area contributed by atoms with Gasteiger partial charge >= 0.3 is 5.97 Å². The normalized spacial score (nSPS) is 10.9. The summed E-state index contributed by atoms with van der Waals surface area (Å²) in [6, 6.07) is 1.38. The van der Waals surface area contributed by atoms with Crippen LogP contribution in [0, 0.1) is 6.92 Å². The van der Waals surface area contributed by atoms with E-state index < -0.39 is 11.5 Å². The van der Waals surface area contributed by atoms with Gasteiger partial charge in [0.1, 0.15) is 11.2 Å². The van der Waals surface area contributed by atoms with Crippen molar-refractivity contribution < 1.29 is 9.90 Å². The number of carboxylic acids is 1. The Balaban J connectivity index is 3.03. The molecule has 0 aliphatic carbocycles. The van der Waals surface area contributed by atoms with Crippen molar-refractivity contribution in [2.45, 2.75) is 6.92 Å². The van der Waals surface area contributed by atoms with Gasteiger partial charge in [-0.15, -0.1) is 0 Å². The molecule has 0 atom stereocenters. The zero-order valence-corrected chi connectivity index (χ0v) is 9.18. The third-order valence-corrected chi connectivity index (χ3v) is 2.61.